The van der Waals surface area contributed by atoms with Gasteiger partial charge in [-0.1, -0.05) is 0 Å². The Kier molecular flexibility index (Phi) is 4.49. The second-order valence-corrected chi connectivity index (χ2v) is 5.65. The van der Waals surface area contributed by atoms with Crippen LogP contribution in [0.25, 0.3) is 0 Å². The van der Waals surface area contributed by atoms with Crippen LogP contribution in [-0.4, -0.2) is 35.5 Å². The number of carbonyl (C=O) groups excluding carboxylic acids is 2. The third-order valence-electron chi connectivity index (χ3n) is 4.12. The fraction of sp³-hybridized carbons (Fsp3) is 0.438. The molecule has 1 aliphatic heterocycles. The van der Waals surface area contributed by atoms with Gasteiger partial charge in [0.1, 0.15) is 0 Å². The van der Waals surface area contributed by atoms with E-state index < -0.39 is 17.9 Å². The topological polar surface area (TPSA) is 86.7 Å². The van der Waals surface area contributed by atoms with E-state index in [1.54, 1.807) is 36.9 Å². The SMILES string of the molecule is CC(=O)N1CCc2cc(C(=O)NC(C)C(C)C(=O)O)ccc21. The zero-order chi connectivity index (χ0) is 16.4. The van der Waals surface area contributed by atoms with Crippen LogP contribution >= 0.6 is 0 Å². The molecule has 0 bridgehead atoms. The van der Waals surface area contributed by atoms with Gasteiger partial charge in [-0.05, 0) is 44.0 Å². The van der Waals surface area contributed by atoms with Gasteiger partial charge >= 0.3 is 5.97 Å². The van der Waals surface area contributed by atoms with Crippen molar-refractivity contribution in [1.82, 2.24) is 5.32 Å². The smallest absolute Gasteiger partial charge is 0.308 e. The number of carboxylic acids is 1. The molecule has 0 radical (unpaired) electrons. The fourth-order valence-electron chi connectivity index (χ4n) is 2.50. The van der Waals surface area contributed by atoms with Crippen molar-refractivity contribution in [3.63, 3.8) is 0 Å². The Morgan fingerprint density at radius 2 is 1.95 bits per heavy atom. The van der Waals surface area contributed by atoms with E-state index in [0.29, 0.717) is 12.1 Å². The lowest BCUT2D eigenvalue weighted by atomic mass is 10.0. The van der Waals surface area contributed by atoms with Gasteiger partial charge in [0.05, 0.1) is 5.92 Å². The summed E-state index contributed by atoms with van der Waals surface area (Å²) in [7, 11) is 0. The molecule has 22 heavy (non-hydrogen) atoms. The van der Waals surface area contributed by atoms with Crippen molar-refractivity contribution < 1.29 is 19.5 Å². The minimum Gasteiger partial charge on any atom is -0.481 e. The molecule has 0 fully saturated rings. The molecule has 0 saturated heterocycles. The van der Waals surface area contributed by atoms with Gasteiger partial charge in [-0.15, -0.1) is 0 Å². The number of aliphatic carboxylic acids is 1. The minimum absolute atomic E-state index is 0.0140. The first-order valence-corrected chi connectivity index (χ1v) is 7.26. The number of fused-ring (bicyclic) bond motifs is 1. The highest BCUT2D eigenvalue weighted by Crippen LogP contribution is 2.28. The maximum atomic E-state index is 12.2. The van der Waals surface area contributed by atoms with Crippen molar-refractivity contribution in [3.8, 4) is 0 Å². The Labute approximate surface area is 129 Å². The lowest BCUT2D eigenvalue weighted by Gasteiger charge is -2.18. The first-order valence-electron chi connectivity index (χ1n) is 7.26. The van der Waals surface area contributed by atoms with Crippen LogP contribution in [0.1, 0.15) is 36.7 Å². The Bertz CT molecular complexity index is 627. The number of anilines is 1. The second-order valence-electron chi connectivity index (χ2n) is 5.65. The number of amides is 2. The van der Waals surface area contributed by atoms with E-state index in [9.17, 15) is 14.4 Å². The average Bonchev–Trinajstić information content (AvgIpc) is 2.89. The van der Waals surface area contributed by atoms with E-state index in [1.165, 1.54) is 6.92 Å². The summed E-state index contributed by atoms with van der Waals surface area (Å²) in [4.78, 5) is 36.3. The molecule has 0 saturated carbocycles. The van der Waals surface area contributed by atoms with Crippen molar-refractivity contribution in [1.29, 1.82) is 0 Å². The summed E-state index contributed by atoms with van der Waals surface area (Å²) in [6.45, 7) is 5.37. The molecular formula is C16H20N2O4. The molecule has 1 aromatic carbocycles. The molecule has 2 amide bonds. The highest BCUT2D eigenvalue weighted by molar-refractivity contribution is 5.98. The lowest BCUT2D eigenvalue weighted by molar-refractivity contribution is -0.141. The predicted molar refractivity (Wildman–Crippen MR) is 81.9 cm³/mol. The molecule has 1 heterocycles. The number of hydrogen-bond acceptors (Lipinski definition) is 3. The van der Waals surface area contributed by atoms with Crippen LogP contribution in [0.15, 0.2) is 18.2 Å². The quantitative estimate of drug-likeness (QED) is 0.881. The van der Waals surface area contributed by atoms with Crippen LogP contribution < -0.4 is 10.2 Å². The van der Waals surface area contributed by atoms with Crippen LogP contribution in [-0.2, 0) is 16.0 Å². The third-order valence-corrected chi connectivity index (χ3v) is 4.12. The van der Waals surface area contributed by atoms with E-state index in [4.69, 9.17) is 5.11 Å². The lowest BCUT2D eigenvalue weighted by Crippen LogP contribution is -2.40. The summed E-state index contributed by atoms with van der Waals surface area (Å²) in [6, 6.07) is 4.73. The van der Waals surface area contributed by atoms with Crippen LogP contribution in [0.4, 0.5) is 5.69 Å². The van der Waals surface area contributed by atoms with Gasteiger partial charge in [0.25, 0.3) is 5.91 Å². The maximum absolute atomic E-state index is 12.2. The van der Waals surface area contributed by atoms with Crippen molar-refractivity contribution in [2.75, 3.05) is 11.4 Å². The van der Waals surface area contributed by atoms with Gasteiger partial charge in [-0.25, -0.2) is 0 Å². The fourth-order valence-corrected chi connectivity index (χ4v) is 2.50. The van der Waals surface area contributed by atoms with Gasteiger partial charge < -0.3 is 15.3 Å². The van der Waals surface area contributed by atoms with Crippen LogP contribution in [0, 0.1) is 5.92 Å². The molecule has 6 heteroatoms. The molecule has 2 rings (SSSR count). The Balaban J connectivity index is 2.13. The van der Waals surface area contributed by atoms with Crippen molar-refractivity contribution in [2.45, 2.75) is 33.2 Å². The van der Waals surface area contributed by atoms with Crippen LogP contribution in [0.5, 0.6) is 0 Å². The monoisotopic (exact) mass is 304 g/mol. The Hall–Kier alpha value is -2.37. The van der Waals surface area contributed by atoms with E-state index in [0.717, 1.165) is 17.7 Å². The summed E-state index contributed by atoms with van der Waals surface area (Å²) in [6.07, 6.45) is 0.719. The summed E-state index contributed by atoms with van der Waals surface area (Å²) < 4.78 is 0. The average molecular weight is 304 g/mol. The molecule has 2 N–H and O–H groups in total. The van der Waals surface area contributed by atoms with Gasteiger partial charge in [0.2, 0.25) is 5.91 Å². The second kappa shape index (κ2) is 6.17. The molecule has 0 aromatic heterocycles. The van der Waals surface area contributed by atoms with Crippen molar-refractivity contribution in [2.24, 2.45) is 5.92 Å². The van der Waals surface area contributed by atoms with Crippen molar-refractivity contribution >= 4 is 23.5 Å². The number of benzene rings is 1. The summed E-state index contributed by atoms with van der Waals surface area (Å²) in [5, 5.41) is 11.7. The van der Waals surface area contributed by atoms with E-state index in [1.807, 2.05) is 0 Å². The van der Waals surface area contributed by atoms with Gasteiger partial charge in [-0.3, -0.25) is 14.4 Å². The third kappa shape index (κ3) is 3.10. The highest BCUT2D eigenvalue weighted by Gasteiger charge is 2.25. The van der Waals surface area contributed by atoms with Gasteiger partial charge in [0.15, 0.2) is 0 Å². The predicted octanol–water partition coefficient (Wildman–Crippen LogP) is 1.43. The Morgan fingerprint density at radius 1 is 1.27 bits per heavy atom. The van der Waals surface area contributed by atoms with E-state index >= 15 is 0 Å². The largest absolute Gasteiger partial charge is 0.481 e. The number of carbonyl (C=O) groups is 3. The zero-order valence-electron chi connectivity index (χ0n) is 12.9. The van der Waals surface area contributed by atoms with Crippen LogP contribution in [0.3, 0.4) is 0 Å². The van der Waals surface area contributed by atoms with E-state index in [2.05, 4.69) is 5.32 Å². The maximum Gasteiger partial charge on any atom is 0.308 e. The molecule has 6 nitrogen and oxygen atoms in total. The molecule has 1 aliphatic rings. The number of nitrogens with zero attached hydrogens (tertiary/aromatic N) is 1. The molecule has 2 atom stereocenters. The van der Waals surface area contributed by atoms with Gasteiger partial charge in [-0.2, -0.15) is 0 Å². The zero-order valence-corrected chi connectivity index (χ0v) is 12.9. The summed E-state index contributed by atoms with van der Waals surface area (Å²) >= 11 is 0. The Morgan fingerprint density at radius 3 is 2.55 bits per heavy atom. The number of carboxylic acid groups (broad SMARTS) is 1. The first kappa shape index (κ1) is 16.0. The highest BCUT2D eigenvalue weighted by atomic mass is 16.4. The minimum atomic E-state index is -0.946. The molecule has 0 aliphatic carbocycles. The number of hydrogen-bond donors (Lipinski definition) is 2. The number of rotatable bonds is 4. The van der Waals surface area contributed by atoms with Crippen LogP contribution in [0.2, 0.25) is 0 Å². The van der Waals surface area contributed by atoms with Gasteiger partial charge in [0, 0.05) is 30.8 Å². The molecule has 0 spiro atoms. The van der Waals surface area contributed by atoms with Crippen molar-refractivity contribution in [3.05, 3.63) is 29.3 Å². The molecule has 118 valence electrons. The molecule has 1 aromatic rings. The standard InChI is InChI=1S/C16H20N2O4/c1-9(16(21)22)10(2)17-15(20)13-4-5-14-12(8-13)6-7-18(14)11(3)19/h4-5,8-10H,6-7H2,1-3H3,(H,17,20)(H,21,22). The normalized spacial score (nSPS) is 15.9. The summed E-state index contributed by atoms with van der Waals surface area (Å²) in [5.74, 6) is -1.92. The first-order chi connectivity index (χ1) is 10.3. The summed E-state index contributed by atoms with van der Waals surface area (Å²) in [5.41, 5.74) is 2.28. The number of nitrogens with one attached hydrogen (secondary N) is 1. The molecule has 2 unspecified atom stereocenters. The molecular weight excluding hydrogens is 284 g/mol. The van der Waals surface area contributed by atoms with E-state index in [-0.39, 0.29) is 11.8 Å².